The Morgan fingerprint density at radius 1 is 1.42 bits per heavy atom. The van der Waals surface area contributed by atoms with Gasteiger partial charge in [-0.15, -0.1) is 0 Å². The molecule has 6 N–H and O–H groups in total. The van der Waals surface area contributed by atoms with E-state index >= 15 is 0 Å². The average Bonchev–Trinajstić information content (AvgIpc) is 3.10. The van der Waals surface area contributed by atoms with Crippen LogP contribution < -0.4 is 21.7 Å². The van der Waals surface area contributed by atoms with Crippen molar-refractivity contribution < 1.29 is 14.3 Å². The van der Waals surface area contributed by atoms with Crippen molar-refractivity contribution in [1.29, 1.82) is 0 Å². The number of nitrogens with two attached hydrogens (primary N) is 1. The van der Waals surface area contributed by atoms with Crippen LogP contribution in [0.1, 0.15) is 38.1 Å². The minimum absolute atomic E-state index is 0.130. The van der Waals surface area contributed by atoms with E-state index < -0.39 is 6.09 Å². The van der Waals surface area contributed by atoms with Crippen LogP contribution >= 0.6 is 11.6 Å². The van der Waals surface area contributed by atoms with Gasteiger partial charge in [0, 0.05) is 24.3 Å². The Labute approximate surface area is 185 Å². The zero-order valence-electron chi connectivity index (χ0n) is 17.3. The van der Waals surface area contributed by atoms with Crippen molar-refractivity contribution in [3.63, 3.8) is 0 Å². The normalized spacial score (nSPS) is 14.8. The lowest BCUT2D eigenvalue weighted by Crippen LogP contribution is -2.49. The summed E-state index contributed by atoms with van der Waals surface area (Å²) < 4.78 is 5.24. The topological polar surface area (TPSA) is 134 Å². The van der Waals surface area contributed by atoms with Gasteiger partial charge in [-0.3, -0.25) is 10.1 Å². The third-order valence-corrected chi connectivity index (χ3v) is 5.07. The molecule has 1 aromatic carbocycles. The van der Waals surface area contributed by atoms with Gasteiger partial charge in [-0.25, -0.2) is 9.78 Å². The quantitative estimate of drug-likeness (QED) is 0.280. The SMILES string of the molecule is CCC/C=C/CC(N)c1nc(-c2ccc(NC(=O)OC3CNC3)cc2NC=O)c(Cl)[nH]1. The molecule has 2 heterocycles. The Kier molecular flexibility index (Phi) is 8.05. The molecule has 0 saturated carbocycles. The smallest absolute Gasteiger partial charge is 0.411 e. The zero-order valence-corrected chi connectivity index (χ0v) is 18.0. The second-order valence-electron chi connectivity index (χ2n) is 7.22. The van der Waals surface area contributed by atoms with Gasteiger partial charge in [0.05, 0.1) is 11.7 Å². The summed E-state index contributed by atoms with van der Waals surface area (Å²) in [5, 5.41) is 8.62. The fourth-order valence-corrected chi connectivity index (χ4v) is 3.26. The van der Waals surface area contributed by atoms with Crippen LogP contribution in [0, 0.1) is 0 Å². The highest BCUT2D eigenvalue weighted by Gasteiger charge is 2.22. The molecule has 2 amide bonds. The lowest BCUT2D eigenvalue weighted by molar-refractivity contribution is -0.105. The number of amides is 2. The van der Waals surface area contributed by atoms with Crippen LogP contribution in [0.2, 0.25) is 5.15 Å². The number of carbonyl (C=O) groups is 2. The average molecular weight is 447 g/mol. The van der Waals surface area contributed by atoms with E-state index in [4.69, 9.17) is 22.1 Å². The number of imidazole rings is 1. The Bertz CT molecular complexity index is 941. The first-order valence-corrected chi connectivity index (χ1v) is 10.6. The van der Waals surface area contributed by atoms with Crippen LogP contribution in [0.5, 0.6) is 0 Å². The molecule has 1 aromatic heterocycles. The number of aromatic amines is 1. The number of halogens is 1. The van der Waals surface area contributed by atoms with Crippen molar-refractivity contribution in [3.8, 4) is 11.3 Å². The molecule has 0 radical (unpaired) electrons. The molecular weight excluding hydrogens is 420 g/mol. The van der Waals surface area contributed by atoms with Crippen LogP contribution in [0.15, 0.2) is 30.4 Å². The van der Waals surface area contributed by atoms with Gasteiger partial charge < -0.3 is 26.1 Å². The van der Waals surface area contributed by atoms with Crippen molar-refractivity contribution in [2.24, 2.45) is 5.73 Å². The molecular formula is C21H27ClN6O3. The Morgan fingerprint density at radius 2 is 2.23 bits per heavy atom. The number of rotatable bonds is 10. The maximum absolute atomic E-state index is 12.0. The van der Waals surface area contributed by atoms with Crippen molar-refractivity contribution in [2.75, 3.05) is 23.7 Å². The molecule has 9 nitrogen and oxygen atoms in total. The number of nitrogens with zero attached hydrogens (tertiary/aromatic N) is 1. The summed E-state index contributed by atoms with van der Waals surface area (Å²) in [6, 6.07) is 4.68. The number of hydrogen-bond acceptors (Lipinski definition) is 6. The molecule has 0 bridgehead atoms. The van der Waals surface area contributed by atoms with Crippen LogP contribution in [0.3, 0.4) is 0 Å². The first-order chi connectivity index (χ1) is 15.0. The summed E-state index contributed by atoms with van der Waals surface area (Å²) in [5.41, 5.74) is 8.19. The Balaban J connectivity index is 1.77. The highest BCUT2D eigenvalue weighted by molar-refractivity contribution is 6.32. The Hall–Kier alpha value is -2.88. The molecule has 0 spiro atoms. The largest absolute Gasteiger partial charge is 0.443 e. The fourth-order valence-electron chi connectivity index (χ4n) is 3.02. The third kappa shape index (κ3) is 6.06. The fraction of sp³-hybridized carbons (Fsp3) is 0.381. The number of hydrogen-bond donors (Lipinski definition) is 5. The summed E-state index contributed by atoms with van der Waals surface area (Å²) in [6.45, 7) is 3.39. The number of benzene rings is 1. The molecule has 1 fully saturated rings. The monoisotopic (exact) mass is 446 g/mol. The molecule has 2 aromatic rings. The van der Waals surface area contributed by atoms with E-state index in [0.717, 1.165) is 12.8 Å². The summed E-state index contributed by atoms with van der Waals surface area (Å²) in [4.78, 5) is 30.7. The van der Waals surface area contributed by atoms with E-state index in [1.165, 1.54) is 0 Å². The summed E-state index contributed by atoms with van der Waals surface area (Å²) in [7, 11) is 0. The molecule has 0 aliphatic carbocycles. The van der Waals surface area contributed by atoms with Gasteiger partial charge >= 0.3 is 6.09 Å². The molecule has 3 rings (SSSR count). The van der Waals surface area contributed by atoms with E-state index in [-0.39, 0.29) is 12.1 Å². The summed E-state index contributed by atoms with van der Waals surface area (Å²) in [6.07, 6.45) is 6.70. The number of aromatic nitrogens is 2. The first-order valence-electron chi connectivity index (χ1n) is 10.2. The zero-order chi connectivity index (χ0) is 22.2. The van der Waals surface area contributed by atoms with Gasteiger partial charge in [0.2, 0.25) is 6.41 Å². The number of carbonyl (C=O) groups excluding carboxylic acids is 2. The standard InChI is InChI=1S/C21H27ClN6O3/c1-2-3-4-5-6-16(23)20-27-18(19(22)28-20)15-8-7-13(9-17(15)25-12-29)26-21(30)31-14-10-24-11-14/h4-5,7-9,12,14,16,24H,2-3,6,10-11,23H2,1H3,(H,25,29)(H,26,30)(H,27,28)/b5-4+. The molecule has 166 valence electrons. The number of ether oxygens (including phenoxy) is 1. The van der Waals surface area contributed by atoms with E-state index in [0.29, 0.717) is 59.5 Å². The van der Waals surface area contributed by atoms with E-state index in [1.54, 1.807) is 18.2 Å². The second kappa shape index (κ2) is 10.9. The van der Waals surface area contributed by atoms with E-state index in [1.807, 2.05) is 6.08 Å². The lowest BCUT2D eigenvalue weighted by atomic mass is 10.1. The van der Waals surface area contributed by atoms with Crippen LogP contribution in [-0.4, -0.2) is 41.7 Å². The third-order valence-electron chi connectivity index (χ3n) is 4.79. The molecule has 1 saturated heterocycles. The highest BCUT2D eigenvalue weighted by Crippen LogP contribution is 2.34. The minimum atomic E-state index is -0.557. The van der Waals surface area contributed by atoms with E-state index in [2.05, 4.69) is 38.9 Å². The lowest BCUT2D eigenvalue weighted by Gasteiger charge is -2.26. The number of unbranched alkanes of at least 4 members (excludes halogenated alkanes) is 1. The molecule has 1 unspecified atom stereocenters. The number of allylic oxidation sites excluding steroid dienone is 1. The van der Waals surface area contributed by atoms with Gasteiger partial charge in [0.25, 0.3) is 0 Å². The van der Waals surface area contributed by atoms with Gasteiger partial charge in [-0.05, 0) is 31.0 Å². The van der Waals surface area contributed by atoms with Crippen molar-refractivity contribution in [1.82, 2.24) is 15.3 Å². The van der Waals surface area contributed by atoms with Crippen molar-refractivity contribution >= 4 is 35.5 Å². The summed E-state index contributed by atoms with van der Waals surface area (Å²) >= 11 is 6.38. The molecule has 10 heteroatoms. The Morgan fingerprint density at radius 3 is 2.90 bits per heavy atom. The molecule has 1 aliphatic rings. The number of anilines is 2. The second-order valence-corrected chi connectivity index (χ2v) is 7.60. The molecule has 1 aliphatic heterocycles. The molecule has 31 heavy (non-hydrogen) atoms. The van der Waals surface area contributed by atoms with Crippen LogP contribution in [0.25, 0.3) is 11.3 Å². The van der Waals surface area contributed by atoms with Gasteiger partial charge in [0.1, 0.15) is 22.8 Å². The van der Waals surface area contributed by atoms with E-state index in [9.17, 15) is 9.59 Å². The van der Waals surface area contributed by atoms with Gasteiger partial charge in [0.15, 0.2) is 0 Å². The predicted octanol–water partition coefficient (Wildman–Crippen LogP) is 3.56. The maximum atomic E-state index is 12.0. The van der Waals surface area contributed by atoms with Gasteiger partial charge in [-0.2, -0.15) is 0 Å². The van der Waals surface area contributed by atoms with Crippen LogP contribution in [-0.2, 0) is 9.53 Å². The highest BCUT2D eigenvalue weighted by atomic mass is 35.5. The molecule has 1 atom stereocenters. The number of nitrogens with one attached hydrogen (secondary N) is 4. The minimum Gasteiger partial charge on any atom is -0.443 e. The summed E-state index contributed by atoms with van der Waals surface area (Å²) in [5.74, 6) is 0.554. The number of H-pyrrole nitrogens is 1. The van der Waals surface area contributed by atoms with Crippen molar-refractivity contribution in [2.45, 2.75) is 38.3 Å². The van der Waals surface area contributed by atoms with Crippen molar-refractivity contribution in [3.05, 3.63) is 41.3 Å². The van der Waals surface area contributed by atoms with Gasteiger partial charge in [-0.1, -0.05) is 37.1 Å². The van der Waals surface area contributed by atoms with Crippen LogP contribution in [0.4, 0.5) is 16.2 Å². The maximum Gasteiger partial charge on any atom is 0.411 e. The predicted molar refractivity (Wildman–Crippen MR) is 121 cm³/mol. The first kappa shape index (κ1) is 22.8.